The molecule has 1 unspecified atom stereocenters. The third-order valence-electron chi connectivity index (χ3n) is 5.17. The molecule has 0 aliphatic carbocycles. The van der Waals surface area contributed by atoms with E-state index < -0.39 is 17.2 Å². The van der Waals surface area contributed by atoms with Gasteiger partial charge in [-0.25, -0.2) is 4.79 Å². The normalized spacial score (nSPS) is 29.9. The number of unbranched alkanes of at least 4 members (excludes halogenated alkanes) is 1. The van der Waals surface area contributed by atoms with Crippen molar-refractivity contribution in [2.24, 2.45) is 11.3 Å². The second-order valence-electron chi connectivity index (χ2n) is 8.18. The number of hydrogen-bond acceptors (Lipinski definition) is 6. The van der Waals surface area contributed by atoms with E-state index in [0.29, 0.717) is 12.7 Å². The van der Waals surface area contributed by atoms with Gasteiger partial charge in [-0.15, -0.1) is 0 Å². The predicted molar refractivity (Wildman–Crippen MR) is 96.1 cm³/mol. The van der Waals surface area contributed by atoms with Crippen LogP contribution in [0, 0.1) is 11.3 Å². The summed E-state index contributed by atoms with van der Waals surface area (Å²) in [7, 11) is 5.61. The van der Waals surface area contributed by atoms with Gasteiger partial charge in [-0.1, -0.05) is 19.2 Å². The summed E-state index contributed by atoms with van der Waals surface area (Å²) in [6.07, 6.45) is 3.06. The molecule has 0 amide bonds. The molecule has 0 aromatic rings. The molecule has 6 nitrogen and oxygen atoms in total. The van der Waals surface area contributed by atoms with Crippen LogP contribution in [0.25, 0.3) is 0 Å². The molecule has 2 aliphatic rings. The quantitative estimate of drug-likeness (QED) is 0.314. The molecular formula is C18H31BN2O4. The molecule has 0 aromatic heterocycles. The SMILES string of the molecule is [B]CCCC[C@@]1(C(=O)OC(C)OC(=O)C(C)(C)C)NC[C@@H]2NCC[C@@H]21. The van der Waals surface area contributed by atoms with E-state index in [9.17, 15) is 9.59 Å². The van der Waals surface area contributed by atoms with Crippen LogP contribution < -0.4 is 10.6 Å². The van der Waals surface area contributed by atoms with Gasteiger partial charge in [-0.3, -0.25) is 4.79 Å². The molecule has 0 saturated carbocycles. The number of carbonyl (C=O) groups excluding carboxylic acids is 2. The Hall–Kier alpha value is -1.08. The molecule has 2 aliphatic heterocycles. The third kappa shape index (κ3) is 4.56. The molecule has 2 saturated heterocycles. The summed E-state index contributed by atoms with van der Waals surface area (Å²) in [5, 5.41) is 6.85. The lowest BCUT2D eigenvalue weighted by molar-refractivity contribution is -0.195. The molecule has 4 atom stereocenters. The zero-order valence-electron chi connectivity index (χ0n) is 15.9. The number of esters is 2. The van der Waals surface area contributed by atoms with Crippen LogP contribution in [0.1, 0.15) is 53.4 Å². The van der Waals surface area contributed by atoms with Gasteiger partial charge in [-0.05, 0) is 40.2 Å². The van der Waals surface area contributed by atoms with Gasteiger partial charge in [0.1, 0.15) is 5.54 Å². The molecule has 7 heteroatoms. The minimum Gasteiger partial charge on any atom is -0.425 e. The van der Waals surface area contributed by atoms with Crippen molar-refractivity contribution in [3.05, 3.63) is 0 Å². The molecule has 25 heavy (non-hydrogen) atoms. The van der Waals surface area contributed by atoms with Crippen molar-refractivity contribution in [3.8, 4) is 0 Å². The van der Waals surface area contributed by atoms with Crippen molar-refractivity contribution in [2.45, 2.75) is 77.6 Å². The van der Waals surface area contributed by atoms with Gasteiger partial charge in [0, 0.05) is 25.4 Å². The van der Waals surface area contributed by atoms with Gasteiger partial charge in [-0.2, -0.15) is 0 Å². The fourth-order valence-corrected chi connectivity index (χ4v) is 3.75. The number of rotatable bonds is 7. The Morgan fingerprint density at radius 3 is 2.64 bits per heavy atom. The summed E-state index contributed by atoms with van der Waals surface area (Å²) in [4.78, 5) is 25.0. The predicted octanol–water partition coefficient (Wildman–Crippen LogP) is 1.54. The van der Waals surface area contributed by atoms with E-state index >= 15 is 0 Å². The fraction of sp³-hybridized carbons (Fsp3) is 0.889. The summed E-state index contributed by atoms with van der Waals surface area (Å²) >= 11 is 0. The molecule has 140 valence electrons. The van der Waals surface area contributed by atoms with E-state index in [2.05, 4.69) is 10.6 Å². The lowest BCUT2D eigenvalue weighted by Gasteiger charge is -2.34. The topological polar surface area (TPSA) is 76.7 Å². The standard InChI is InChI=1S/C18H31BN2O4/c1-12(24-15(22)17(2,3)4)25-16(23)18(8-5-6-9-19)13-7-10-20-14(13)11-21-18/h12-14,20-21H,5-11H2,1-4H3/t12?,13-,14-,18+/m0/s1. The summed E-state index contributed by atoms with van der Waals surface area (Å²) in [5.41, 5.74) is -1.35. The average Bonchev–Trinajstić information content (AvgIpc) is 3.10. The van der Waals surface area contributed by atoms with Gasteiger partial charge < -0.3 is 20.1 Å². The van der Waals surface area contributed by atoms with Gasteiger partial charge in [0.05, 0.1) is 13.3 Å². The maximum Gasteiger partial charge on any atom is 0.329 e. The maximum atomic E-state index is 13.0. The first kappa shape index (κ1) is 20.2. The Balaban J connectivity index is 2.04. The van der Waals surface area contributed by atoms with Crippen LogP contribution in [0.4, 0.5) is 0 Å². The van der Waals surface area contributed by atoms with Crippen molar-refractivity contribution in [1.29, 1.82) is 0 Å². The van der Waals surface area contributed by atoms with Crippen molar-refractivity contribution < 1.29 is 19.1 Å². The number of nitrogens with one attached hydrogen (secondary N) is 2. The smallest absolute Gasteiger partial charge is 0.329 e. The van der Waals surface area contributed by atoms with E-state index in [0.717, 1.165) is 32.4 Å². The number of hydrogen-bond donors (Lipinski definition) is 2. The van der Waals surface area contributed by atoms with Gasteiger partial charge >= 0.3 is 11.9 Å². The average molecular weight is 350 g/mol. The summed E-state index contributed by atoms with van der Waals surface area (Å²) in [6, 6.07) is 0.290. The van der Waals surface area contributed by atoms with Crippen LogP contribution in [-0.4, -0.2) is 50.7 Å². The highest BCUT2D eigenvalue weighted by molar-refractivity contribution is 6.08. The zero-order chi connectivity index (χ0) is 18.7. The largest absolute Gasteiger partial charge is 0.425 e. The second kappa shape index (κ2) is 8.08. The highest BCUT2D eigenvalue weighted by Gasteiger charge is 2.55. The second-order valence-corrected chi connectivity index (χ2v) is 8.18. The third-order valence-corrected chi connectivity index (χ3v) is 5.17. The minimum atomic E-state index is -0.902. The van der Waals surface area contributed by atoms with E-state index in [4.69, 9.17) is 17.3 Å². The van der Waals surface area contributed by atoms with Crippen molar-refractivity contribution in [1.82, 2.24) is 10.6 Å². The van der Waals surface area contributed by atoms with E-state index in [1.54, 1.807) is 27.7 Å². The zero-order valence-corrected chi connectivity index (χ0v) is 15.9. The molecule has 2 N–H and O–H groups in total. The van der Waals surface area contributed by atoms with Crippen molar-refractivity contribution >= 4 is 19.8 Å². The molecule has 2 radical (unpaired) electrons. The molecule has 0 aromatic carbocycles. The monoisotopic (exact) mass is 350 g/mol. The molecular weight excluding hydrogens is 319 g/mol. The number of ether oxygens (including phenoxy) is 2. The van der Waals surface area contributed by atoms with Crippen molar-refractivity contribution in [2.75, 3.05) is 13.1 Å². The fourth-order valence-electron chi connectivity index (χ4n) is 3.75. The van der Waals surface area contributed by atoms with Crippen LogP contribution >= 0.6 is 0 Å². The van der Waals surface area contributed by atoms with Crippen LogP contribution in [-0.2, 0) is 19.1 Å². The van der Waals surface area contributed by atoms with E-state index in [1.807, 2.05) is 0 Å². The highest BCUT2D eigenvalue weighted by Crippen LogP contribution is 2.38. The lowest BCUT2D eigenvalue weighted by Crippen LogP contribution is -2.54. The van der Waals surface area contributed by atoms with E-state index in [-0.39, 0.29) is 23.9 Å². The molecule has 0 bridgehead atoms. The Morgan fingerprint density at radius 1 is 1.28 bits per heavy atom. The Morgan fingerprint density at radius 2 is 2.00 bits per heavy atom. The van der Waals surface area contributed by atoms with Crippen LogP contribution in [0.5, 0.6) is 0 Å². The van der Waals surface area contributed by atoms with Gasteiger partial charge in [0.15, 0.2) is 0 Å². The van der Waals surface area contributed by atoms with Crippen LogP contribution in [0.2, 0.25) is 6.32 Å². The first-order valence-corrected chi connectivity index (χ1v) is 9.31. The minimum absolute atomic E-state index is 0.197. The Labute approximate surface area is 152 Å². The van der Waals surface area contributed by atoms with Gasteiger partial charge in [0.2, 0.25) is 6.29 Å². The van der Waals surface area contributed by atoms with Crippen LogP contribution in [0.15, 0.2) is 0 Å². The molecule has 0 spiro atoms. The Kier molecular flexibility index (Phi) is 6.54. The molecule has 2 fully saturated rings. The summed E-state index contributed by atoms with van der Waals surface area (Å²) in [5.74, 6) is -0.511. The van der Waals surface area contributed by atoms with Crippen molar-refractivity contribution in [3.63, 3.8) is 0 Å². The first-order chi connectivity index (χ1) is 11.7. The van der Waals surface area contributed by atoms with Crippen LogP contribution in [0.3, 0.4) is 0 Å². The number of carbonyl (C=O) groups is 2. The summed E-state index contributed by atoms with van der Waals surface area (Å²) in [6.45, 7) is 8.56. The molecule has 2 heterocycles. The summed E-state index contributed by atoms with van der Waals surface area (Å²) < 4.78 is 10.8. The highest BCUT2D eigenvalue weighted by atomic mass is 16.7. The lowest BCUT2D eigenvalue weighted by atomic mass is 9.78. The van der Waals surface area contributed by atoms with Gasteiger partial charge in [0.25, 0.3) is 0 Å². The Bertz CT molecular complexity index is 494. The first-order valence-electron chi connectivity index (χ1n) is 9.31. The maximum absolute atomic E-state index is 13.0. The molecule has 2 rings (SSSR count). The van der Waals surface area contributed by atoms with E-state index in [1.165, 1.54) is 0 Å². The number of fused-ring (bicyclic) bond motifs is 1.